The maximum absolute atomic E-state index is 9.20. The minimum absolute atomic E-state index is 0.127. The largest absolute Gasteiger partial charge is 0.393 e. The molecule has 2 unspecified atom stereocenters. The first kappa shape index (κ1) is 9.96. The highest BCUT2D eigenvalue weighted by Gasteiger charge is 2.22. The Morgan fingerprint density at radius 1 is 1.33 bits per heavy atom. The predicted molar refractivity (Wildman–Crippen MR) is 46.1 cm³/mol. The first-order chi connectivity index (χ1) is 5.83. The lowest BCUT2D eigenvalue weighted by Gasteiger charge is -2.10. The second-order valence-electron chi connectivity index (χ2n) is 3.31. The summed E-state index contributed by atoms with van der Waals surface area (Å²) in [7, 11) is 1.69. The molecular formula is C9H18O3. The van der Waals surface area contributed by atoms with E-state index in [-0.39, 0.29) is 12.2 Å². The molecule has 1 N–H and O–H groups in total. The van der Waals surface area contributed by atoms with E-state index in [0.717, 1.165) is 38.9 Å². The molecule has 0 spiro atoms. The number of aliphatic hydroxyl groups excluding tert-OH is 1. The van der Waals surface area contributed by atoms with Crippen LogP contribution in [0.4, 0.5) is 0 Å². The molecule has 1 saturated carbocycles. The molecule has 1 rings (SSSR count). The van der Waals surface area contributed by atoms with Crippen molar-refractivity contribution in [3.05, 3.63) is 0 Å². The molecule has 3 nitrogen and oxygen atoms in total. The molecule has 1 aliphatic carbocycles. The topological polar surface area (TPSA) is 38.7 Å². The number of aliphatic hydroxyl groups is 1. The van der Waals surface area contributed by atoms with Gasteiger partial charge in [0, 0.05) is 20.3 Å². The molecule has 0 radical (unpaired) electrons. The van der Waals surface area contributed by atoms with Crippen molar-refractivity contribution in [2.45, 2.75) is 37.9 Å². The van der Waals surface area contributed by atoms with Gasteiger partial charge < -0.3 is 14.6 Å². The van der Waals surface area contributed by atoms with Crippen LogP contribution in [0.25, 0.3) is 0 Å². The first-order valence-corrected chi connectivity index (χ1v) is 4.61. The van der Waals surface area contributed by atoms with Crippen molar-refractivity contribution in [1.82, 2.24) is 0 Å². The molecule has 0 heterocycles. The maximum atomic E-state index is 9.20. The second kappa shape index (κ2) is 5.51. The monoisotopic (exact) mass is 174 g/mol. The van der Waals surface area contributed by atoms with Crippen molar-refractivity contribution in [2.24, 2.45) is 0 Å². The second-order valence-corrected chi connectivity index (χ2v) is 3.31. The third-order valence-corrected chi connectivity index (χ3v) is 2.20. The van der Waals surface area contributed by atoms with Crippen LogP contribution in [0.3, 0.4) is 0 Å². The summed E-state index contributed by atoms with van der Waals surface area (Å²) < 4.78 is 10.4. The zero-order chi connectivity index (χ0) is 8.81. The Labute approximate surface area is 73.7 Å². The molecule has 1 fully saturated rings. The van der Waals surface area contributed by atoms with E-state index < -0.39 is 0 Å². The first-order valence-electron chi connectivity index (χ1n) is 4.61. The highest BCUT2D eigenvalue weighted by Crippen LogP contribution is 2.21. The molecule has 2 atom stereocenters. The fraction of sp³-hybridized carbons (Fsp3) is 1.00. The summed E-state index contributed by atoms with van der Waals surface area (Å²) in [4.78, 5) is 0. The van der Waals surface area contributed by atoms with E-state index >= 15 is 0 Å². The summed E-state index contributed by atoms with van der Waals surface area (Å²) >= 11 is 0. The van der Waals surface area contributed by atoms with Gasteiger partial charge in [-0.25, -0.2) is 0 Å². The Balaban J connectivity index is 1.93. The van der Waals surface area contributed by atoms with Gasteiger partial charge in [-0.2, -0.15) is 0 Å². The van der Waals surface area contributed by atoms with Crippen molar-refractivity contribution in [3.63, 3.8) is 0 Å². The molecular weight excluding hydrogens is 156 g/mol. The molecule has 0 aromatic carbocycles. The van der Waals surface area contributed by atoms with Gasteiger partial charge in [0.25, 0.3) is 0 Å². The number of rotatable bonds is 5. The van der Waals surface area contributed by atoms with Gasteiger partial charge in [-0.15, -0.1) is 0 Å². The SMILES string of the molecule is COCCCOC1CCC(O)C1. The average molecular weight is 174 g/mol. The van der Waals surface area contributed by atoms with Crippen LogP contribution in [0.1, 0.15) is 25.7 Å². The number of hydrogen-bond donors (Lipinski definition) is 1. The fourth-order valence-electron chi connectivity index (χ4n) is 1.52. The Bertz CT molecular complexity index is 116. The highest BCUT2D eigenvalue weighted by atomic mass is 16.5. The Morgan fingerprint density at radius 2 is 2.17 bits per heavy atom. The maximum Gasteiger partial charge on any atom is 0.0600 e. The van der Waals surface area contributed by atoms with Crippen LogP contribution < -0.4 is 0 Å². The van der Waals surface area contributed by atoms with E-state index in [4.69, 9.17) is 9.47 Å². The number of ether oxygens (including phenoxy) is 2. The van der Waals surface area contributed by atoms with E-state index in [0.29, 0.717) is 0 Å². The molecule has 3 heteroatoms. The van der Waals surface area contributed by atoms with Crippen LogP contribution in [0.2, 0.25) is 0 Å². The van der Waals surface area contributed by atoms with Crippen molar-refractivity contribution >= 4 is 0 Å². The molecule has 12 heavy (non-hydrogen) atoms. The van der Waals surface area contributed by atoms with Gasteiger partial charge in [-0.05, 0) is 25.7 Å². The van der Waals surface area contributed by atoms with Crippen LogP contribution in [-0.2, 0) is 9.47 Å². The van der Waals surface area contributed by atoms with Crippen molar-refractivity contribution < 1.29 is 14.6 Å². The van der Waals surface area contributed by atoms with Crippen molar-refractivity contribution in [1.29, 1.82) is 0 Å². The van der Waals surface area contributed by atoms with Crippen LogP contribution in [0.15, 0.2) is 0 Å². The highest BCUT2D eigenvalue weighted by molar-refractivity contribution is 4.74. The lowest BCUT2D eigenvalue weighted by molar-refractivity contribution is 0.0353. The quantitative estimate of drug-likeness (QED) is 0.631. The minimum atomic E-state index is -0.127. The smallest absolute Gasteiger partial charge is 0.0600 e. The summed E-state index contributed by atoms with van der Waals surface area (Å²) in [6, 6.07) is 0. The minimum Gasteiger partial charge on any atom is -0.393 e. The molecule has 72 valence electrons. The van der Waals surface area contributed by atoms with Gasteiger partial charge in [0.15, 0.2) is 0 Å². The van der Waals surface area contributed by atoms with Crippen molar-refractivity contribution in [3.8, 4) is 0 Å². The van der Waals surface area contributed by atoms with Crippen LogP contribution in [0, 0.1) is 0 Å². The number of methoxy groups -OCH3 is 1. The number of hydrogen-bond acceptors (Lipinski definition) is 3. The van der Waals surface area contributed by atoms with Crippen LogP contribution >= 0.6 is 0 Å². The standard InChI is InChI=1S/C9H18O3/c1-11-5-2-6-12-9-4-3-8(10)7-9/h8-10H,2-7H2,1H3. The molecule has 0 aromatic rings. The lowest BCUT2D eigenvalue weighted by atomic mass is 10.3. The third kappa shape index (κ3) is 3.52. The normalized spacial score (nSPS) is 29.5. The van der Waals surface area contributed by atoms with Gasteiger partial charge in [0.1, 0.15) is 0 Å². The molecule has 0 amide bonds. The Kier molecular flexibility index (Phi) is 4.58. The summed E-state index contributed by atoms with van der Waals surface area (Å²) in [6.45, 7) is 1.51. The van der Waals surface area contributed by atoms with Crippen LogP contribution in [0.5, 0.6) is 0 Å². The zero-order valence-corrected chi connectivity index (χ0v) is 7.66. The summed E-state index contributed by atoms with van der Waals surface area (Å²) in [5, 5.41) is 9.20. The molecule has 0 saturated heterocycles. The van der Waals surface area contributed by atoms with E-state index in [9.17, 15) is 5.11 Å². The fourth-order valence-corrected chi connectivity index (χ4v) is 1.52. The summed E-state index contributed by atoms with van der Waals surface area (Å²) in [6.07, 6.45) is 3.83. The van der Waals surface area contributed by atoms with E-state index in [2.05, 4.69) is 0 Å². The van der Waals surface area contributed by atoms with Gasteiger partial charge in [-0.1, -0.05) is 0 Å². The molecule has 0 aliphatic heterocycles. The predicted octanol–water partition coefficient (Wildman–Crippen LogP) is 0.953. The van der Waals surface area contributed by atoms with E-state index in [1.54, 1.807) is 7.11 Å². The van der Waals surface area contributed by atoms with E-state index in [1.165, 1.54) is 0 Å². The molecule has 0 bridgehead atoms. The molecule has 1 aliphatic rings. The van der Waals surface area contributed by atoms with E-state index in [1.807, 2.05) is 0 Å². The third-order valence-electron chi connectivity index (χ3n) is 2.20. The lowest BCUT2D eigenvalue weighted by Crippen LogP contribution is -2.11. The van der Waals surface area contributed by atoms with Gasteiger partial charge in [0.05, 0.1) is 12.2 Å². The average Bonchev–Trinajstić information content (AvgIpc) is 2.45. The van der Waals surface area contributed by atoms with Crippen LogP contribution in [-0.4, -0.2) is 37.6 Å². The van der Waals surface area contributed by atoms with Crippen molar-refractivity contribution in [2.75, 3.05) is 20.3 Å². The van der Waals surface area contributed by atoms with Gasteiger partial charge >= 0.3 is 0 Å². The Hall–Kier alpha value is -0.120. The zero-order valence-electron chi connectivity index (χ0n) is 7.66. The Morgan fingerprint density at radius 3 is 2.75 bits per heavy atom. The summed E-state index contributed by atoms with van der Waals surface area (Å²) in [5.41, 5.74) is 0. The van der Waals surface area contributed by atoms with Gasteiger partial charge in [0.2, 0.25) is 0 Å². The van der Waals surface area contributed by atoms with Gasteiger partial charge in [-0.3, -0.25) is 0 Å². The molecule has 0 aromatic heterocycles. The summed E-state index contributed by atoms with van der Waals surface area (Å²) in [5.74, 6) is 0.